The molecule has 0 unspecified atom stereocenters. The molecule has 3 rings (SSSR count). The standard InChI is InChI=1S/C24H33FN4O3/c1-14(2)29(15(3)4)24(31)18-11-17(25)7-8-21(18)32-22-12-26-13-27-23(22)28(6)19-9-16(5)10-20(19)30/h7-8,11-16,19-20,30H,9-10H2,1-6H3/t16-,19+,20-/m1/s1. The van der Waals surface area contributed by atoms with E-state index in [1.54, 1.807) is 4.90 Å². The van der Waals surface area contributed by atoms with Crippen molar-refractivity contribution < 1.29 is 19.0 Å². The lowest BCUT2D eigenvalue weighted by Gasteiger charge is -2.31. The van der Waals surface area contributed by atoms with Gasteiger partial charge in [0, 0.05) is 19.1 Å². The van der Waals surface area contributed by atoms with Gasteiger partial charge in [-0.15, -0.1) is 0 Å². The van der Waals surface area contributed by atoms with Crippen molar-refractivity contribution in [2.24, 2.45) is 5.92 Å². The number of aliphatic hydroxyl groups excluding tert-OH is 1. The van der Waals surface area contributed by atoms with Crippen LogP contribution in [-0.2, 0) is 0 Å². The van der Waals surface area contributed by atoms with E-state index in [0.717, 1.165) is 12.8 Å². The summed E-state index contributed by atoms with van der Waals surface area (Å²) >= 11 is 0. The summed E-state index contributed by atoms with van der Waals surface area (Å²) in [4.78, 5) is 25.3. The molecule has 1 fully saturated rings. The fraction of sp³-hybridized carbons (Fsp3) is 0.542. The zero-order valence-electron chi connectivity index (χ0n) is 19.6. The molecule has 1 aromatic heterocycles. The number of anilines is 1. The lowest BCUT2D eigenvalue weighted by atomic mass is 10.1. The highest BCUT2D eigenvalue weighted by molar-refractivity contribution is 5.97. The van der Waals surface area contributed by atoms with Crippen molar-refractivity contribution in [2.45, 2.75) is 71.7 Å². The average molecular weight is 445 g/mol. The number of ether oxygens (including phenoxy) is 1. The molecule has 1 heterocycles. The molecule has 1 saturated carbocycles. The molecule has 1 aromatic carbocycles. The van der Waals surface area contributed by atoms with E-state index in [9.17, 15) is 14.3 Å². The number of carbonyl (C=O) groups excluding carboxylic acids is 1. The zero-order chi connectivity index (χ0) is 23.6. The molecule has 174 valence electrons. The molecule has 0 saturated heterocycles. The number of rotatable bonds is 7. The zero-order valence-corrected chi connectivity index (χ0v) is 19.6. The molecule has 1 N–H and O–H groups in total. The molecule has 7 nitrogen and oxygen atoms in total. The van der Waals surface area contributed by atoms with Gasteiger partial charge in [0.15, 0.2) is 11.6 Å². The molecule has 0 radical (unpaired) electrons. The van der Waals surface area contributed by atoms with E-state index in [2.05, 4.69) is 16.9 Å². The Bertz CT molecular complexity index is 945. The maximum Gasteiger partial charge on any atom is 0.258 e. The normalized spacial score (nSPS) is 20.6. The largest absolute Gasteiger partial charge is 0.451 e. The van der Waals surface area contributed by atoms with E-state index in [0.29, 0.717) is 17.5 Å². The number of hydrogen-bond acceptors (Lipinski definition) is 6. The molecule has 1 amide bonds. The van der Waals surface area contributed by atoms with Crippen LogP contribution < -0.4 is 9.64 Å². The van der Waals surface area contributed by atoms with E-state index in [1.807, 2.05) is 39.6 Å². The number of amides is 1. The second-order valence-corrected chi connectivity index (χ2v) is 9.18. The summed E-state index contributed by atoms with van der Waals surface area (Å²) in [6.07, 6.45) is 4.03. The van der Waals surface area contributed by atoms with E-state index in [4.69, 9.17) is 4.74 Å². The Morgan fingerprint density at radius 3 is 2.47 bits per heavy atom. The van der Waals surface area contributed by atoms with Crippen molar-refractivity contribution in [3.8, 4) is 11.5 Å². The van der Waals surface area contributed by atoms with Crippen LogP contribution in [0.25, 0.3) is 0 Å². The molecule has 8 heteroatoms. The monoisotopic (exact) mass is 444 g/mol. The van der Waals surface area contributed by atoms with Gasteiger partial charge in [-0.05, 0) is 64.7 Å². The minimum absolute atomic E-state index is 0.0637. The lowest BCUT2D eigenvalue weighted by Crippen LogP contribution is -2.42. The van der Waals surface area contributed by atoms with Crippen molar-refractivity contribution in [3.05, 3.63) is 42.1 Å². The Morgan fingerprint density at radius 1 is 1.19 bits per heavy atom. The number of halogens is 1. The lowest BCUT2D eigenvalue weighted by molar-refractivity contribution is 0.0640. The van der Waals surface area contributed by atoms with Gasteiger partial charge >= 0.3 is 0 Å². The third-order valence-corrected chi connectivity index (χ3v) is 5.96. The van der Waals surface area contributed by atoms with Crippen molar-refractivity contribution in [1.82, 2.24) is 14.9 Å². The Labute approximate surface area is 189 Å². The summed E-state index contributed by atoms with van der Waals surface area (Å²) in [5, 5.41) is 10.5. The predicted octanol–water partition coefficient (Wildman–Crippen LogP) is 4.26. The maximum atomic E-state index is 14.1. The number of carbonyl (C=O) groups is 1. The summed E-state index contributed by atoms with van der Waals surface area (Å²) in [7, 11) is 1.86. The summed E-state index contributed by atoms with van der Waals surface area (Å²) in [5.41, 5.74) is 0.138. The summed E-state index contributed by atoms with van der Waals surface area (Å²) in [6.45, 7) is 9.79. The highest BCUT2D eigenvalue weighted by Gasteiger charge is 2.35. The summed E-state index contributed by atoms with van der Waals surface area (Å²) in [6, 6.07) is 3.68. The number of likely N-dealkylation sites (N-methyl/N-ethyl adjacent to an activating group) is 1. The van der Waals surface area contributed by atoms with Gasteiger partial charge in [0.2, 0.25) is 0 Å². The second kappa shape index (κ2) is 9.81. The second-order valence-electron chi connectivity index (χ2n) is 9.18. The number of aliphatic hydroxyl groups is 1. The van der Waals surface area contributed by atoms with Gasteiger partial charge in [-0.25, -0.2) is 14.4 Å². The Morgan fingerprint density at radius 2 is 1.88 bits per heavy atom. The van der Waals surface area contributed by atoms with E-state index < -0.39 is 11.9 Å². The summed E-state index contributed by atoms with van der Waals surface area (Å²) in [5.74, 6) is 0.651. The quantitative estimate of drug-likeness (QED) is 0.687. The Kier molecular flexibility index (Phi) is 7.33. The molecule has 0 bridgehead atoms. The molecule has 1 aliphatic rings. The molecular formula is C24H33FN4O3. The van der Waals surface area contributed by atoms with Crippen LogP contribution in [0, 0.1) is 11.7 Å². The van der Waals surface area contributed by atoms with Gasteiger partial charge in [0.05, 0.1) is 23.9 Å². The molecule has 32 heavy (non-hydrogen) atoms. The van der Waals surface area contributed by atoms with Crippen LogP contribution in [0.3, 0.4) is 0 Å². The number of nitrogens with zero attached hydrogens (tertiary/aromatic N) is 4. The predicted molar refractivity (Wildman–Crippen MR) is 122 cm³/mol. The smallest absolute Gasteiger partial charge is 0.258 e. The highest BCUT2D eigenvalue weighted by Crippen LogP contribution is 2.37. The van der Waals surface area contributed by atoms with E-state index >= 15 is 0 Å². The first-order valence-electron chi connectivity index (χ1n) is 11.1. The summed E-state index contributed by atoms with van der Waals surface area (Å²) < 4.78 is 20.2. The molecular weight excluding hydrogens is 411 g/mol. The van der Waals surface area contributed by atoms with Crippen LogP contribution in [0.2, 0.25) is 0 Å². The minimum atomic E-state index is -0.516. The van der Waals surface area contributed by atoms with Crippen LogP contribution in [0.1, 0.15) is 57.8 Å². The van der Waals surface area contributed by atoms with Crippen molar-refractivity contribution >= 4 is 11.7 Å². The van der Waals surface area contributed by atoms with E-state index in [1.165, 1.54) is 30.7 Å². The fourth-order valence-corrected chi connectivity index (χ4v) is 4.54. The van der Waals surface area contributed by atoms with Crippen molar-refractivity contribution in [1.29, 1.82) is 0 Å². The molecule has 0 aliphatic heterocycles. The van der Waals surface area contributed by atoms with E-state index in [-0.39, 0.29) is 35.3 Å². The van der Waals surface area contributed by atoms with Gasteiger partial charge in [0.25, 0.3) is 5.91 Å². The number of hydrogen-bond donors (Lipinski definition) is 1. The molecule has 0 spiro atoms. The third kappa shape index (κ3) is 5.01. The van der Waals surface area contributed by atoms with Crippen molar-refractivity contribution in [3.63, 3.8) is 0 Å². The third-order valence-electron chi connectivity index (χ3n) is 5.96. The van der Waals surface area contributed by atoms with Gasteiger partial charge in [-0.3, -0.25) is 4.79 Å². The number of aromatic nitrogens is 2. The topological polar surface area (TPSA) is 78.8 Å². The molecule has 3 atom stereocenters. The number of benzene rings is 1. The van der Waals surface area contributed by atoms with Gasteiger partial charge in [-0.2, -0.15) is 0 Å². The fourth-order valence-electron chi connectivity index (χ4n) is 4.54. The first kappa shape index (κ1) is 23.9. The maximum absolute atomic E-state index is 14.1. The molecule has 2 aromatic rings. The first-order valence-corrected chi connectivity index (χ1v) is 11.1. The minimum Gasteiger partial charge on any atom is -0.451 e. The Balaban J connectivity index is 1.96. The van der Waals surface area contributed by atoms with Crippen molar-refractivity contribution in [2.75, 3.05) is 11.9 Å². The van der Waals surface area contributed by atoms with Crippen LogP contribution in [0.15, 0.2) is 30.7 Å². The average Bonchev–Trinajstić information content (AvgIpc) is 3.06. The van der Waals surface area contributed by atoms with Crippen LogP contribution in [0.5, 0.6) is 11.5 Å². The van der Waals surface area contributed by atoms with Gasteiger partial charge < -0.3 is 19.6 Å². The van der Waals surface area contributed by atoms with Crippen LogP contribution >= 0.6 is 0 Å². The van der Waals surface area contributed by atoms with Gasteiger partial charge in [-0.1, -0.05) is 6.92 Å². The first-order chi connectivity index (χ1) is 15.1. The van der Waals surface area contributed by atoms with Gasteiger partial charge in [0.1, 0.15) is 17.9 Å². The highest BCUT2D eigenvalue weighted by atomic mass is 19.1. The Hall–Kier alpha value is -2.74. The van der Waals surface area contributed by atoms with Crippen LogP contribution in [0.4, 0.5) is 10.2 Å². The molecule has 1 aliphatic carbocycles. The van der Waals surface area contributed by atoms with Crippen LogP contribution in [-0.4, -0.2) is 57.2 Å². The SMILES string of the molecule is CC(C)N(C(=O)c1cc(F)ccc1Oc1cncnc1N(C)[C@H]1C[C@@H](C)C[C@H]1O)C(C)C.